The number of aliphatic carboxylic acids is 1. The molecular weight excluding hydrogens is 286 g/mol. The van der Waals surface area contributed by atoms with Gasteiger partial charge in [0.25, 0.3) is 5.91 Å². The van der Waals surface area contributed by atoms with Crippen molar-refractivity contribution in [3.8, 4) is 0 Å². The second-order valence-electron chi connectivity index (χ2n) is 5.76. The number of thiophene rings is 1. The summed E-state index contributed by atoms with van der Waals surface area (Å²) in [6.45, 7) is 0.451. The fourth-order valence-electron chi connectivity index (χ4n) is 2.86. The molecule has 21 heavy (non-hydrogen) atoms. The van der Waals surface area contributed by atoms with Crippen LogP contribution in [0.25, 0.3) is 10.1 Å². The van der Waals surface area contributed by atoms with E-state index in [1.807, 2.05) is 30.3 Å². The van der Waals surface area contributed by atoms with E-state index in [-0.39, 0.29) is 17.7 Å². The first-order valence-electron chi connectivity index (χ1n) is 7.07. The highest BCUT2D eigenvalue weighted by atomic mass is 32.1. The molecule has 0 unspecified atom stereocenters. The average Bonchev–Trinajstić information content (AvgIpc) is 2.84. The van der Waals surface area contributed by atoms with Gasteiger partial charge in [0.15, 0.2) is 0 Å². The summed E-state index contributed by atoms with van der Waals surface area (Å²) in [6, 6.07) is 9.78. The van der Waals surface area contributed by atoms with Crippen LogP contribution >= 0.6 is 11.3 Å². The summed E-state index contributed by atoms with van der Waals surface area (Å²) < 4.78 is 1.09. The maximum Gasteiger partial charge on any atom is 0.303 e. The van der Waals surface area contributed by atoms with Gasteiger partial charge < -0.3 is 10.4 Å². The largest absolute Gasteiger partial charge is 0.481 e. The van der Waals surface area contributed by atoms with Crippen LogP contribution in [-0.2, 0) is 4.79 Å². The van der Waals surface area contributed by atoms with Gasteiger partial charge in [-0.1, -0.05) is 24.6 Å². The average molecular weight is 303 g/mol. The monoisotopic (exact) mass is 303 g/mol. The first-order chi connectivity index (χ1) is 10.1. The lowest BCUT2D eigenvalue weighted by Gasteiger charge is -2.40. The number of carbonyl (C=O) groups is 2. The van der Waals surface area contributed by atoms with Crippen molar-refractivity contribution < 1.29 is 14.7 Å². The first kappa shape index (κ1) is 14.1. The van der Waals surface area contributed by atoms with Crippen molar-refractivity contribution in [1.29, 1.82) is 0 Å². The number of benzene rings is 1. The second kappa shape index (κ2) is 5.48. The number of carboxylic acids is 1. The van der Waals surface area contributed by atoms with Crippen molar-refractivity contribution in [3.05, 3.63) is 35.2 Å². The molecule has 2 N–H and O–H groups in total. The van der Waals surface area contributed by atoms with Crippen molar-refractivity contribution in [1.82, 2.24) is 5.32 Å². The van der Waals surface area contributed by atoms with Gasteiger partial charge in [0, 0.05) is 11.2 Å². The van der Waals surface area contributed by atoms with Crippen LogP contribution in [0.5, 0.6) is 0 Å². The van der Waals surface area contributed by atoms with Gasteiger partial charge >= 0.3 is 5.97 Å². The predicted molar refractivity (Wildman–Crippen MR) is 82.7 cm³/mol. The summed E-state index contributed by atoms with van der Waals surface area (Å²) >= 11 is 1.47. The molecule has 1 heterocycles. The quantitative estimate of drug-likeness (QED) is 0.891. The summed E-state index contributed by atoms with van der Waals surface area (Å²) in [5, 5.41) is 13.0. The third-order valence-electron chi connectivity index (χ3n) is 4.21. The van der Waals surface area contributed by atoms with Crippen LogP contribution in [0.1, 0.15) is 35.4 Å². The Labute approximate surface area is 126 Å². The van der Waals surface area contributed by atoms with E-state index in [9.17, 15) is 9.59 Å². The molecule has 0 aliphatic heterocycles. The molecule has 1 saturated carbocycles. The smallest absolute Gasteiger partial charge is 0.303 e. The summed E-state index contributed by atoms with van der Waals surface area (Å²) in [7, 11) is 0. The number of hydrogen-bond acceptors (Lipinski definition) is 3. The predicted octanol–water partition coefficient (Wildman–Crippen LogP) is 3.28. The van der Waals surface area contributed by atoms with Crippen molar-refractivity contribution in [2.24, 2.45) is 5.41 Å². The molecule has 0 saturated heterocycles. The van der Waals surface area contributed by atoms with E-state index in [4.69, 9.17) is 5.11 Å². The Morgan fingerprint density at radius 1 is 1.29 bits per heavy atom. The molecule has 0 atom stereocenters. The number of carboxylic acid groups (broad SMARTS) is 1. The lowest BCUT2D eigenvalue weighted by molar-refractivity contribution is -0.141. The molecule has 1 aromatic heterocycles. The van der Waals surface area contributed by atoms with Crippen LogP contribution in [0.3, 0.4) is 0 Å². The number of rotatable bonds is 5. The van der Waals surface area contributed by atoms with Gasteiger partial charge in [-0.05, 0) is 35.8 Å². The minimum Gasteiger partial charge on any atom is -0.481 e. The lowest BCUT2D eigenvalue weighted by atomic mass is 9.66. The molecule has 1 aliphatic carbocycles. The fourth-order valence-corrected chi connectivity index (χ4v) is 3.84. The minimum atomic E-state index is -0.786. The molecule has 4 nitrogen and oxygen atoms in total. The van der Waals surface area contributed by atoms with Crippen LogP contribution in [0, 0.1) is 5.41 Å². The second-order valence-corrected chi connectivity index (χ2v) is 6.84. The highest BCUT2D eigenvalue weighted by molar-refractivity contribution is 7.20. The van der Waals surface area contributed by atoms with E-state index in [0.29, 0.717) is 11.4 Å². The zero-order chi connectivity index (χ0) is 14.9. The normalized spacial score (nSPS) is 16.4. The van der Waals surface area contributed by atoms with Gasteiger partial charge in [0.05, 0.1) is 11.3 Å². The van der Waals surface area contributed by atoms with Gasteiger partial charge in [-0.2, -0.15) is 0 Å². The first-order valence-corrected chi connectivity index (χ1v) is 7.88. The van der Waals surface area contributed by atoms with Crippen molar-refractivity contribution in [3.63, 3.8) is 0 Å². The van der Waals surface area contributed by atoms with Crippen molar-refractivity contribution in [2.45, 2.75) is 25.7 Å². The Morgan fingerprint density at radius 3 is 2.67 bits per heavy atom. The van der Waals surface area contributed by atoms with Crippen LogP contribution in [0.4, 0.5) is 0 Å². The molecule has 1 aliphatic rings. The Bertz CT molecular complexity index is 655. The maximum absolute atomic E-state index is 12.2. The Morgan fingerprint density at radius 2 is 2.05 bits per heavy atom. The van der Waals surface area contributed by atoms with E-state index in [1.54, 1.807) is 0 Å². The molecule has 3 rings (SSSR count). The summed E-state index contributed by atoms with van der Waals surface area (Å²) in [6.07, 6.45) is 2.95. The van der Waals surface area contributed by atoms with E-state index < -0.39 is 5.97 Å². The van der Waals surface area contributed by atoms with Gasteiger partial charge in [-0.15, -0.1) is 11.3 Å². The third-order valence-corrected chi connectivity index (χ3v) is 5.33. The van der Waals surface area contributed by atoms with Crippen LogP contribution in [0.2, 0.25) is 0 Å². The summed E-state index contributed by atoms with van der Waals surface area (Å²) in [4.78, 5) is 23.8. The number of amides is 1. The highest BCUT2D eigenvalue weighted by Gasteiger charge is 2.39. The number of nitrogens with one attached hydrogen (secondary N) is 1. The standard InChI is InChI=1S/C16H17NO3S/c18-14(19)9-16(6-3-7-16)10-17-15(20)13-8-11-4-1-2-5-12(11)21-13/h1-2,4-5,8H,3,6-7,9-10H2,(H,17,20)(H,18,19). The molecule has 0 radical (unpaired) electrons. The highest BCUT2D eigenvalue weighted by Crippen LogP contribution is 2.43. The molecule has 0 spiro atoms. The minimum absolute atomic E-state index is 0.104. The molecule has 1 amide bonds. The van der Waals surface area contributed by atoms with E-state index in [1.165, 1.54) is 11.3 Å². The van der Waals surface area contributed by atoms with Gasteiger partial charge in [-0.3, -0.25) is 9.59 Å². The molecule has 2 aromatic rings. The van der Waals surface area contributed by atoms with Gasteiger partial charge in [0.1, 0.15) is 0 Å². The summed E-state index contributed by atoms with van der Waals surface area (Å²) in [5.41, 5.74) is -0.238. The SMILES string of the molecule is O=C(O)CC1(CNC(=O)c2cc3ccccc3s2)CCC1. The Balaban J connectivity index is 1.67. The molecule has 5 heteroatoms. The zero-order valence-electron chi connectivity index (χ0n) is 11.6. The molecule has 0 bridgehead atoms. The number of carbonyl (C=O) groups excluding carboxylic acids is 1. The van der Waals surface area contributed by atoms with E-state index in [2.05, 4.69) is 5.32 Å². The molecule has 1 fully saturated rings. The van der Waals surface area contributed by atoms with E-state index in [0.717, 1.165) is 29.3 Å². The Kier molecular flexibility index (Phi) is 3.68. The number of hydrogen-bond donors (Lipinski definition) is 2. The fraction of sp³-hybridized carbons (Fsp3) is 0.375. The van der Waals surface area contributed by atoms with E-state index >= 15 is 0 Å². The summed E-state index contributed by atoms with van der Waals surface area (Å²) in [5.74, 6) is -0.890. The Hall–Kier alpha value is -1.88. The topological polar surface area (TPSA) is 66.4 Å². The number of fused-ring (bicyclic) bond motifs is 1. The zero-order valence-corrected chi connectivity index (χ0v) is 12.4. The molecule has 1 aromatic carbocycles. The third kappa shape index (κ3) is 2.93. The van der Waals surface area contributed by atoms with Crippen LogP contribution < -0.4 is 5.32 Å². The van der Waals surface area contributed by atoms with Crippen molar-refractivity contribution in [2.75, 3.05) is 6.54 Å². The molecular formula is C16H17NO3S. The van der Waals surface area contributed by atoms with Gasteiger partial charge in [0.2, 0.25) is 0 Å². The lowest BCUT2D eigenvalue weighted by Crippen LogP contribution is -2.43. The van der Waals surface area contributed by atoms with Crippen molar-refractivity contribution >= 4 is 33.3 Å². The molecule has 110 valence electrons. The van der Waals surface area contributed by atoms with Gasteiger partial charge in [-0.25, -0.2) is 0 Å². The van der Waals surface area contributed by atoms with Crippen LogP contribution in [0.15, 0.2) is 30.3 Å². The van der Waals surface area contributed by atoms with Crippen LogP contribution in [-0.4, -0.2) is 23.5 Å². The maximum atomic E-state index is 12.2.